The quantitative estimate of drug-likeness (QED) is 0.626. The summed E-state index contributed by atoms with van der Waals surface area (Å²) < 4.78 is 3.86. The Morgan fingerprint density at radius 3 is 3.00 bits per heavy atom. The van der Waals surface area contributed by atoms with Crippen molar-refractivity contribution >= 4 is 27.9 Å². The molecule has 116 valence electrons. The molecule has 23 heavy (non-hydrogen) atoms. The van der Waals surface area contributed by atoms with E-state index in [0.29, 0.717) is 18.7 Å². The van der Waals surface area contributed by atoms with E-state index in [0.717, 1.165) is 21.9 Å². The Bertz CT molecular complexity index is 968. The minimum Gasteiger partial charge on any atom is -0.350 e. The van der Waals surface area contributed by atoms with Gasteiger partial charge in [-0.25, -0.2) is 9.97 Å². The average molecular weight is 325 g/mol. The molecule has 0 unspecified atom stereocenters. The van der Waals surface area contributed by atoms with Crippen molar-refractivity contribution in [3.8, 4) is 0 Å². The van der Waals surface area contributed by atoms with Crippen LogP contribution in [0.3, 0.4) is 0 Å². The van der Waals surface area contributed by atoms with E-state index in [-0.39, 0.29) is 5.91 Å². The predicted octanol–water partition coefficient (Wildman–Crippen LogP) is 2.32. The summed E-state index contributed by atoms with van der Waals surface area (Å²) in [6.45, 7) is 2.55. The minimum absolute atomic E-state index is 0.160. The van der Waals surface area contributed by atoms with E-state index in [9.17, 15) is 4.79 Å². The van der Waals surface area contributed by atoms with Crippen LogP contribution >= 0.6 is 11.3 Å². The second-order valence-corrected chi connectivity index (χ2v) is 6.30. The van der Waals surface area contributed by atoms with Gasteiger partial charge in [-0.3, -0.25) is 9.20 Å². The molecular formula is C16H15N5OS. The smallest absolute Gasteiger partial charge is 0.271 e. The number of amides is 1. The van der Waals surface area contributed by atoms with Crippen LogP contribution in [0.5, 0.6) is 0 Å². The van der Waals surface area contributed by atoms with Crippen LogP contribution in [0.25, 0.3) is 10.6 Å². The average Bonchev–Trinajstić information content (AvgIpc) is 3.19. The van der Waals surface area contributed by atoms with E-state index >= 15 is 0 Å². The molecule has 4 aromatic rings. The summed E-state index contributed by atoms with van der Waals surface area (Å²) in [7, 11) is 0. The van der Waals surface area contributed by atoms with Crippen molar-refractivity contribution in [3.05, 3.63) is 59.3 Å². The number of nitrogens with one attached hydrogen (secondary N) is 1. The Kier molecular flexibility index (Phi) is 3.34. The molecule has 0 saturated carbocycles. The van der Waals surface area contributed by atoms with Crippen molar-refractivity contribution < 1.29 is 4.79 Å². The van der Waals surface area contributed by atoms with E-state index in [1.807, 2.05) is 51.8 Å². The number of pyridine rings is 1. The fourth-order valence-corrected chi connectivity index (χ4v) is 3.22. The standard InChI is InChI=1S/C16H15N5OS/c1-11-2-3-14-19-13(10-21(14)8-11)15(22)17-5-4-12-9-20-6-7-23-16(20)18-12/h2-3,6-10H,4-5H2,1H3,(H,17,22). The second-order valence-electron chi connectivity index (χ2n) is 5.43. The molecule has 4 rings (SSSR count). The molecule has 0 aliphatic heterocycles. The molecule has 4 aromatic heterocycles. The molecule has 0 saturated heterocycles. The zero-order valence-electron chi connectivity index (χ0n) is 12.6. The van der Waals surface area contributed by atoms with Gasteiger partial charge in [0.1, 0.15) is 11.3 Å². The lowest BCUT2D eigenvalue weighted by Crippen LogP contribution is -2.26. The van der Waals surface area contributed by atoms with Crippen LogP contribution in [0.1, 0.15) is 21.7 Å². The molecule has 1 N–H and O–H groups in total. The van der Waals surface area contributed by atoms with Gasteiger partial charge in [-0.2, -0.15) is 0 Å². The lowest BCUT2D eigenvalue weighted by atomic mass is 10.3. The summed E-state index contributed by atoms with van der Waals surface area (Å²) in [6.07, 6.45) is 8.38. The van der Waals surface area contributed by atoms with E-state index in [1.54, 1.807) is 17.5 Å². The zero-order valence-corrected chi connectivity index (χ0v) is 13.4. The monoisotopic (exact) mass is 325 g/mol. The first-order chi connectivity index (χ1) is 11.2. The summed E-state index contributed by atoms with van der Waals surface area (Å²) in [5.74, 6) is -0.160. The number of hydrogen-bond donors (Lipinski definition) is 1. The first-order valence-electron chi connectivity index (χ1n) is 7.34. The Hall–Kier alpha value is -2.67. The number of carbonyl (C=O) groups is 1. The summed E-state index contributed by atoms with van der Waals surface area (Å²) in [6, 6.07) is 3.89. The van der Waals surface area contributed by atoms with Crippen molar-refractivity contribution in [1.82, 2.24) is 24.1 Å². The minimum atomic E-state index is -0.160. The highest BCUT2D eigenvalue weighted by Gasteiger charge is 2.10. The molecule has 7 heteroatoms. The van der Waals surface area contributed by atoms with E-state index < -0.39 is 0 Å². The van der Waals surface area contributed by atoms with Crippen molar-refractivity contribution in [2.24, 2.45) is 0 Å². The van der Waals surface area contributed by atoms with Gasteiger partial charge >= 0.3 is 0 Å². The van der Waals surface area contributed by atoms with Gasteiger partial charge in [0.25, 0.3) is 5.91 Å². The largest absolute Gasteiger partial charge is 0.350 e. The normalized spacial score (nSPS) is 11.3. The first-order valence-corrected chi connectivity index (χ1v) is 8.22. The Balaban J connectivity index is 1.41. The van der Waals surface area contributed by atoms with Crippen molar-refractivity contribution in [2.45, 2.75) is 13.3 Å². The predicted molar refractivity (Wildman–Crippen MR) is 89.0 cm³/mol. The van der Waals surface area contributed by atoms with Gasteiger partial charge < -0.3 is 9.72 Å². The molecule has 0 spiro atoms. The topological polar surface area (TPSA) is 63.7 Å². The van der Waals surface area contributed by atoms with Crippen LogP contribution in [-0.2, 0) is 6.42 Å². The number of fused-ring (bicyclic) bond motifs is 2. The van der Waals surface area contributed by atoms with E-state index in [4.69, 9.17) is 0 Å². The van der Waals surface area contributed by atoms with Crippen LogP contribution in [-0.4, -0.2) is 31.2 Å². The Labute approximate surface area is 136 Å². The van der Waals surface area contributed by atoms with Crippen LogP contribution in [0.15, 0.2) is 42.3 Å². The second kappa shape index (κ2) is 5.51. The Morgan fingerprint density at radius 2 is 2.13 bits per heavy atom. The van der Waals surface area contributed by atoms with E-state index in [2.05, 4.69) is 15.3 Å². The van der Waals surface area contributed by atoms with Crippen molar-refractivity contribution in [1.29, 1.82) is 0 Å². The van der Waals surface area contributed by atoms with Crippen LogP contribution in [0, 0.1) is 6.92 Å². The maximum atomic E-state index is 12.2. The third kappa shape index (κ3) is 2.70. The summed E-state index contributed by atoms with van der Waals surface area (Å²) in [4.78, 5) is 22.0. The molecule has 6 nitrogen and oxygen atoms in total. The summed E-state index contributed by atoms with van der Waals surface area (Å²) in [5.41, 5.74) is 3.31. The fourth-order valence-electron chi connectivity index (χ4n) is 2.50. The number of rotatable bonds is 4. The number of thiazole rings is 1. The molecular weight excluding hydrogens is 310 g/mol. The third-order valence-corrected chi connectivity index (χ3v) is 4.41. The zero-order chi connectivity index (χ0) is 15.8. The first kappa shape index (κ1) is 14.0. The highest BCUT2D eigenvalue weighted by Crippen LogP contribution is 2.11. The highest BCUT2D eigenvalue weighted by molar-refractivity contribution is 7.15. The van der Waals surface area contributed by atoms with Gasteiger partial charge in [0, 0.05) is 43.1 Å². The van der Waals surface area contributed by atoms with Gasteiger partial charge in [-0.1, -0.05) is 6.07 Å². The number of carbonyl (C=O) groups excluding carboxylic acids is 1. The molecule has 0 aliphatic rings. The lowest BCUT2D eigenvalue weighted by Gasteiger charge is -2.00. The van der Waals surface area contributed by atoms with Gasteiger partial charge in [0.05, 0.1) is 5.69 Å². The molecule has 0 fully saturated rings. The van der Waals surface area contributed by atoms with Gasteiger partial charge in [0.15, 0.2) is 4.96 Å². The third-order valence-electron chi connectivity index (χ3n) is 3.64. The molecule has 0 aliphatic carbocycles. The van der Waals surface area contributed by atoms with Crippen LogP contribution in [0.2, 0.25) is 0 Å². The fraction of sp³-hybridized carbons (Fsp3) is 0.188. The van der Waals surface area contributed by atoms with Crippen LogP contribution < -0.4 is 5.32 Å². The number of nitrogens with zero attached hydrogens (tertiary/aromatic N) is 4. The lowest BCUT2D eigenvalue weighted by molar-refractivity contribution is 0.0949. The number of hydrogen-bond acceptors (Lipinski definition) is 4. The molecule has 0 radical (unpaired) electrons. The summed E-state index contributed by atoms with van der Waals surface area (Å²) >= 11 is 1.60. The number of aryl methyl sites for hydroxylation is 1. The maximum Gasteiger partial charge on any atom is 0.271 e. The number of imidazole rings is 2. The summed E-state index contributed by atoms with van der Waals surface area (Å²) in [5, 5.41) is 4.90. The van der Waals surface area contributed by atoms with Crippen LogP contribution in [0.4, 0.5) is 0 Å². The molecule has 1 amide bonds. The van der Waals surface area contributed by atoms with E-state index in [1.165, 1.54) is 0 Å². The Morgan fingerprint density at radius 1 is 1.22 bits per heavy atom. The van der Waals surface area contributed by atoms with Crippen molar-refractivity contribution in [3.63, 3.8) is 0 Å². The van der Waals surface area contributed by atoms with Gasteiger partial charge in [-0.05, 0) is 18.6 Å². The molecule has 0 aromatic carbocycles. The maximum absolute atomic E-state index is 12.2. The highest BCUT2D eigenvalue weighted by atomic mass is 32.1. The van der Waals surface area contributed by atoms with Gasteiger partial charge in [0.2, 0.25) is 0 Å². The molecule has 0 bridgehead atoms. The van der Waals surface area contributed by atoms with Crippen molar-refractivity contribution in [2.75, 3.05) is 6.54 Å². The number of aromatic nitrogens is 4. The SMILES string of the molecule is Cc1ccc2nc(C(=O)NCCc3cn4ccsc4n3)cn2c1. The molecule has 4 heterocycles. The van der Waals surface area contributed by atoms with Gasteiger partial charge in [-0.15, -0.1) is 11.3 Å². The molecule has 0 atom stereocenters.